The van der Waals surface area contributed by atoms with Gasteiger partial charge < -0.3 is 5.73 Å². The van der Waals surface area contributed by atoms with Gasteiger partial charge in [0, 0.05) is 11.3 Å². The summed E-state index contributed by atoms with van der Waals surface area (Å²) in [7, 11) is 2.14. The van der Waals surface area contributed by atoms with E-state index in [0.29, 0.717) is 11.3 Å². The van der Waals surface area contributed by atoms with E-state index in [1.807, 2.05) is 12.2 Å². The average Bonchev–Trinajstić information content (AvgIpc) is 2.13. The van der Waals surface area contributed by atoms with E-state index >= 15 is 0 Å². The van der Waals surface area contributed by atoms with Crippen molar-refractivity contribution >= 4 is 14.8 Å². The average molecular weight is 167 g/mol. The number of hydrogen-bond acceptors (Lipinski definition) is 2. The molecule has 0 radical (unpaired) electrons. The Bertz CT molecular complexity index is 263. The molecule has 11 heavy (non-hydrogen) atoms. The summed E-state index contributed by atoms with van der Waals surface area (Å²) in [4.78, 5) is 10.8. The first-order valence-electron chi connectivity index (χ1n) is 3.34. The molecule has 1 atom stereocenters. The van der Waals surface area contributed by atoms with Gasteiger partial charge in [0.1, 0.15) is 0 Å². The summed E-state index contributed by atoms with van der Waals surface area (Å²) in [6.07, 6.45) is 7.92. The maximum atomic E-state index is 10.8. The SMILES string of the molecule is NC1=CCC=C(C(=O)P)C=C1. The lowest BCUT2D eigenvalue weighted by molar-refractivity contribution is -0.107. The van der Waals surface area contributed by atoms with Gasteiger partial charge in [-0.3, -0.25) is 4.79 Å². The number of rotatable bonds is 1. The van der Waals surface area contributed by atoms with Crippen molar-refractivity contribution in [3.63, 3.8) is 0 Å². The second kappa shape index (κ2) is 3.49. The molecule has 0 saturated carbocycles. The van der Waals surface area contributed by atoms with Crippen LogP contribution in [0.5, 0.6) is 0 Å². The fourth-order valence-electron chi connectivity index (χ4n) is 0.827. The van der Waals surface area contributed by atoms with E-state index in [1.54, 1.807) is 12.2 Å². The molecule has 0 aromatic rings. The molecule has 0 heterocycles. The summed E-state index contributed by atoms with van der Waals surface area (Å²) >= 11 is 0. The largest absolute Gasteiger partial charge is 0.399 e. The fourth-order valence-corrected chi connectivity index (χ4v) is 1.04. The molecular weight excluding hydrogens is 157 g/mol. The third-order valence-electron chi connectivity index (χ3n) is 1.43. The number of allylic oxidation sites excluding steroid dienone is 5. The molecule has 0 aliphatic heterocycles. The molecule has 0 amide bonds. The van der Waals surface area contributed by atoms with Crippen LogP contribution in [0.15, 0.2) is 35.6 Å². The van der Waals surface area contributed by atoms with Gasteiger partial charge in [0.15, 0.2) is 5.52 Å². The number of carbonyl (C=O) groups is 1. The van der Waals surface area contributed by atoms with Gasteiger partial charge in [0.05, 0.1) is 0 Å². The zero-order chi connectivity index (χ0) is 8.27. The lowest BCUT2D eigenvalue weighted by atomic mass is 10.2. The van der Waals surface area contributed by atoms with Gasteiger partial charge in [-0.25, -0.2) is 0 Å². The van der Waals surface area contributed by atoms with Crippen LogP contribution in [0.25, 0.3) is 0 Å². The molecule has 0 saturated heterocycles. The van der Waals surface area contributed by atoms with E-state index in [-0.39, 0.29) is 5.52 Å². The Morgan fingerprint density at radius 1 is 1.45 bits per heavy atom. The number of hydrogen-bond donors (Lipinski definition) is 1. The standard InChI is InChI=1S/C8H10NOP/c9-7-3-1-2-6(4-5-7)8(10)11/h2-5H,1,9,11H2. The summed E-state index contributed by atoms with van der Waals surface area (Å²) in [5.74, 6) is 0. The van der Waals surface area contributed by atoms with Crippen LogP contribution in [0.1, 0.15) is 6.42 Å². The first-order chi connectivity index (χ1) is 5.20. The van der Waals surface area contributed by atoms with E-state index in [1.165, 1.54) is 0 Å². The normalized spacial score (nSPS) is 16.8. The van der Waals surface area contributed by atoms with Crippen molar-refractivity contribution in [1.29, 1.82) is 0 Å². The molecule has 2 nitrogen and oxygen atoms in total. The summed E-state index contributed by atoms with van der Waals surface area (Å²) in [6.45, 7) is 0. The molecule has 3 heteroatoms. The summed E-state index contributed by atoms with van der Waals surface area (Å²) in [6, 6.07) is 0. The molecule has 1 rings (SSSR count). The summed E-state index contributed by atoms with van der Waals surface area (Å²) < 4.78 is 0. The van der Waals surface area contributed by atoms with E-state index in [9.17, 15) is 4.79 Å². The highest BCUT2D eigenvalue weighted by molar-refractivity contribution is 7.41. The van der Waals surface area contributed by atoms with Gasteiger partial charge in [-0.2, -0.15) is 0 Å². The summed E-state index contributed by atoms with van der Waals surface area (Å²) in [5, 5.41) is 0. The van der Waals surface area contributed by atoms with E-state index in [2.05, 4.69) is 9.24 Å². The van der Waals surface area contributed by atoms with Crippen LogP contribution in [-0.2, 0) is 4.79 Å². The van der Waals surface area contributed by atoms with Gasteiger partial charge in [0.2, 0.25) is 0 Å². The van der Waals surface area contributed by atoms with Crippen LogP contribution in [0, 0.1) is 0 Å². The summed E-state index contributed by atoms with van der Waals surface area (Å²) in [5.41, 5.74) is 6.94. The van der Waals surface area contributed by atoms with Crippen LogP contribution in [0.2, 0.25) is 0 Å². The highest BCUT2D eigenvalue weighted by atomic mass is 31.0. The molecule has 58 valence electrons. The minimum atomic E-state index is 0.00403. The van der Waals surface area contributed by atoms with Gasteiger partial charge >= 0.3 is 0 Å². The molecular formula is C8H10NOP. The van der Waals surface area contributed by atoms with Crippen molar-refractivity contribution in [2.24, 2.45) is 5.73 Å². The van der Waals surface area contributed by atoms with Crippen molar-refractivity contribution < 1.29 is 4.79 Å². The zero-order valence-electron chi connectivity index (χ0n) is 6.08. The topological polar surface area (TPSA) is 43.1 Å². The first-order valence-corrected chi connectivity index (χ1v) is 3.91. The van der Waals surface area contributed by atoms with Crippen LogP contribution < -0.4 is 5.73 Å². The Kier molecular flexibility index (Phi) is 2.61. The molecule has 2 N–H and O–H groups in total. The first kappa shape index (κ1) is 8.22. The van der Waals surface area contributed by atoms with Crippen molar-refractivity contribution in [3.05, 3.63) is 35.6 Å². The second-order valence-corrected chi connectivity index (χ2v) is 2.82. The second-order valence-electron chi connectivity index (χ2n) is 2.30. The van der Waals surface area contributed by atoms with Crippen molar-refractivity contribution in [2.45, 2.75) is 6.42 Å². The zero-order valence-corrected chi connectivity index (χ0v) is 7.23. The Morgan fingerprint density at radius 2 is 2.18 bits per heavy atom. The molecule has 1 aliphatic rings. The van der Waals surface area contributed by atoms with E-state index in [4.69, 9.17) is 5.73 Å². The highest BCUT2D eigenvalue weighted by Crippen LogP contribution is 2.10. The van der Waals surface area contributed by atoms with Crippen molar-refractivity contribution in [1.82, 2.24) is 0 Å². The minimum absolute atomic E-state index is 0.00403. The van der Waals surface area contributed by atoms with Gasteiger partial charge in [-0.1, -0.05) is 21.4 Å². The Morgan fingerprint density at radius 3 is 2.82 bits per heavy atom. The Labute approximate surface area is 68.1 Å². The molecule has 0 aromatic carbocycles. The lowest BCUT2D eigenvalue weighted by Gasteiger charge is -1.90. The fraction of sp³-hybridized carbons (Fsp3) is 0.125. The maximum Gasteiger partial charge on any atom is 0.177 e. The predicted octanol–water partition coefficient (Wildman–Crippen LogP) is 1.12. The molecule has 1 aliphatic carbocycles. The third kappa shape index (κ3) is 2.32. The van der Waals surface area contributed by atoms with Gasteiger partial charge in [0.25, 0.3) is 0 Å². The molecule has 1 unspecified atom stereocenters. The van der Waals surface area contributed by atoms with Crippen LogP contribution >= 0.6 is 9.24 Å². The molecule has 0 aromatic heterocycles. The van der Waals surface area contributed by atoms with Crippen LogP contribution in [0.4, 0.5) is 0 Å². The highest BCUT2D eigenvalue weighted by Gasteiger charge is 2.00. The monoisotopic (exact) mass is 167 g/mol. The quantitative estimate of drug-likeness (QED) is 0.594. The van der Waals surface area contributed by atoms with Gasteiger partial charge in [-0.05, 0) is 18.6 Å². The van der Waals surface area contributed by atoms with Crippen LogP contribution in [0.3, 0.4) is 0 Å². The van der Waals surface area contributed by atoms with E-state index in [0.717, 1.165) is 6.42 Å². The van der Waals surface area contributed by atoms with Crippen molar-refractivity contribution in [2.75, 3.05) is 0 Å². The molecule has 0 spiro atoms. The number of nitrogens with two attached hydrogens (primary N) is 1. The molecule has 0 bridgehead atoms. The van der Waals surface area contributed by atoms with Crippen molar-refractivity contribution in [3.8, 4) is 0 Å². The molecule has 0 fully saturated rings. The minimum Gasteiger partial charge on any atom is -0.399 e. The van der Waals surface area contributed by atoms with Crippen LogP contribution in [-0.4, -0.2) is 5.52 Å². The lowest BCUT2D eigenvalue weighted by Crippen LogP contribution is -1.91. The Hall–Kier alpha value is -0.880. The maximum absolute atomic E-state index is 10.8. The predicted molar refractivity (Wildman–Crippen MR) is 48.8 cm³/mol. The van der Waals surface area contributed by atoms with E-state index < -0.39 is 0 Å². The Balaban J connectivity index is 2.82. The van der Waals surface area contributed by atoms with Gasteiger partial charge in [-0.15, -0.1) is 0 Å². The third-order valence-corrected chi connectivity index (χ3v) is 1.76. The number of carbonyl (C=O) groups excluding carboxylic acids is 1. The smallest absolute Gasteiger partial charge is 0.177 e.